The Morgan fingerprint density at radius 2 is 2.05 bits per heavy atom. The van der Waals surface area contributed by atoms with E-state index in [2.05, 4.69) is 17.4 Å². The number of likely N-dealkylation sites (tertiary alicyclic amines) is 1. The summed E-state index contributed by atoms with van der Waals surface area (Å²) in [7, 11) is 1.75. The summed E-state index contributed by atoms with van der Waals surface area (Å²) >= 11 is 0. The van der Waals surface area contributed by atoms with Crippen LogP contribution < -0.4 is 5.32 Å². The van der Waals surface area contributed by atoms with Gasteiger partial charge in [0.15, 0.2) is 0 Å². The summed E-state index contributed by atoms with van der Waals surface area (Å²) in [6, 6.07) is 6.11. The fraction of sp³-hybridized carbons (Fsp3) is 0.562. The normalized spacial score (nSPS) is 19.1. The Balaban J connectivity index is 1.65. The van der Waals surface area contributed by atoms with Crippen molar-refractivity contribution in [3.63, 3.8) is 0 Å². The third-order valence-electron chi connectivity index (χ3n) is 4.39. The molecule has 1 saturated heterocycles. The molecule has 0 saturated carbocycles. The number of ether oxygens (including phenoxy) is 1. The van der Waals surface area contributed by atoms with Crippen LogP contribution in [-0.4, -0.2) is 37.6 Å². The number of amides is 1. The molecule has 0 unspecified atom stereocenters. The van der Waals surface area contributed by atoms with Crippen molar-refractivity contribution in [3.8, 4) is 0 Å². The molecule has 1 amide bonds. The molecule has 1 aromatic carbocycles. The molecule has 1 N–H and O–H groups in total. The van der Waals surface area contributed by atoms with E-state index in [4.69, 9.17) is 4.74 Å². The maximum atomic E-state index is 12.5. The van der Waals surface area contributed by atoms with Crippen molar-refractivity contribution in [3.05, 3.63) is 34.9 Å². The molecule has 2 aliphatic rings. The first kappa shape index (κ1) is 13.6. The van der Waals surface area contributed by atoms with Crippen LogP contribution in [0.3, 0.4) is 0 Å². The summed E-state index contributed by atoms with van der Waals surface area (Å²) in [4.78, 5) is 14.5. The number of carbonyl (C=O) groups is 1. The molecule has 108 valence electrons. The first-order valence-electron chi connectivity index (χ1n) is 7.38. The van der Waals surface area contributed by atoms with E-state index in [-0.39, 0.29) is 5.91 Å². The van der Waals surface area contributed by atoms with Gasteiger partial charge in [-0.3, -0.25) is 4.79 Å². The average Bonchev–Trinajstić information content (AvgIpc) is 2.95. The van der Waals surface area contributed by atoms with E-state index < -0.39 is 0 Å². The first-order valence-corrected chi connectivity index (χ1v) is 7.38. The SMILES string of the molecule is COCC1CCN(C(=O)c2ccc3c(c2)CNC3)CC1. The van der Waals surface area contributed by atoms with E-state index in [1.807, 2.05) is 11.0 Å². The zero-order valence-electron chi connectivity index (χ0n) is 12.0. The number of nitrogens with zero attached hydrogens (tertiary/aromatic N) is 1. The van der Waals surface area contributed by atoms with Crippen LogP contribution >= 0.6 is 0 Å². The first-order chi connectivity index (χ1) is 9.78. The summed E-state index contributed by atoms with van der Waals surface area (Å²) in [6.45, 7) is 4.31. The van der Waals surface area contributed by atoms with Gasteiger partial charge in [-0.2, -0.15) is 0 Å². The van der Waals surface area contributed by atoms with E-state index in [0.29, 0.717) is 5.92 Å². The Bertz CT molecular complexity index is 493. The zero-order chi connectivity index (χ0) is 13.9. The highest BCUT2D eigenvalue weighted by Crippen LogP contribution is 2.22. The smallest absolute Gasteiger partial charge is 0.253 e. The van der Waals surface area contributed by atoms with Crippen molar-refractivity contribution in [2.45, 2.75) is 25.9 Å². The number of nitrogens with one attached hydrogen (secondary N) is 1. The molecular formula is C16H22N2O2. The number of piperidine rings is 1. The predicted octanol–water partition coefficient (Wildman–Crippen LogP) is 1.79. The molecule has 0 aromatic heterocycles. The Hall–Kier alpha value is -1.39. The van der Waals surface area contributed by atoms with Gasteiger partial charge in [-0.1, -0.05) is 6.07 Å². The molecule has 2 aliphatic heterocycles. The lowest BCUT2D eigenvalue weighted by molar-refractivity contribution is 0.0613. The van der Waals surface area contributed by atoms with Crippen molar-refractivity contribution in [1.82, 2.24) is 10.2 Å². The summed E-state index contributed by atoms with van der Waals surface area (Å²) in [5.41, 5.74) is 3.42. The number of methoxy groups -OCH3 is 1. The van der Waals surface area contributed by atoms with E-state index in [9.17, 15) is 4.79 Å². The lowest BCUT2D eigenvalue weighted by Crippen LogP contribution is -2.39. The monoisotopic (exact) mass is 274 g/mol. The molecule has 3 rings (SSSR count). The van der Waals surface area contributed by atoms with Gasteiger partial charge in [0.1, 0.15) is 0 Å². The van der Waals surface area contributed by atoms with Crippen LogP contribution in [0.25, 0.3) is 0 Å². The molecule has 0 bridgehead atoms. The van der Waals surface area contributed by atoms with E-state index in [0.717, 1.165) is 51.2 Å². The van der Waals surface area contributed by atoms with Crippen molar-refractivity contribution in [2.24, 2.45) is 5.92 Å². The van der Waals surface area contributed by atoms with Gasteiger partial charge in [-0.05, 0) is 42.0 Å². The van der Waals surface area contributed by atoms with E-state index in [1.54, 1.807) is 7.11 Å². The minimum atomic E-state index is 0.176. The minimum Gasteiger partial charge on any atom is -0.384 e. The molecule has 4 heteroatoms. The van der Waals surface area contributed by atoms with Gasteiger partial charge in [0.25, 0.3) is 5.91 Å². The highest BCUT2D eigenvalue weighted by molar-refractivity contribution is 5.94. The second-order valence-electron chi connectivity index (χ2n) is 5.78. The van der Waals surface area contributed by atoms with Gasteiger partial charge in [0, 0.05) is 45.5 Å². The second-order valence-corrected chi connectivity index (χ2v) is 5.78. The number of benzene rings is 1. The van der Waals surface area contributed by atoms with Crippen LogP contribution in [0.15, 0.2) is 18.2 Å². The molecule has 2 heterocycles. The second kappa shape index (κ2) is 5.94. The minimum absolute atomic E-state index is 0.176. The number of carbonyl (C=O) groups excluding carboxylic acids is 1. The van der Waals surface area contributed by atoms with Gasteiger partial charge in [-0.25, -0.2) is 0 Å². The average molecular weight is 274 g/mol. The van der Waals surface area contributed by atoms with Gasteiger partial charge in [0.05, 0.1) is 0 Å². The van der Waals surface area contributed by atoms with E-state index >= 15 is 0 Å². The predicted molar refractivity (Wildman–Crippen MR) is 77.5 cm³/mol. The Labute approximate surface area is 120 Å². The molecule has 0 spiro atoms. The van der Waals surface area contributed by atoms with Crippen LogP contribution in [0, 0.1) is 5.92 Å². The van der Waals surface area contributed by atoms with Gasteiger partial charge in [0.2, 0.25) is 0 Å². The highest BCUT2D eigenvalue weighted by Gasteiger charge is 2.24. The molecule has 20 heavy (non-hydrogen) atoms. The van der Waals surface area contributed by atoms with Crippen molar-refractivity contribution >= 4 is 5.91 Å². The Kier molecular flexibility index (Phi) is 4.03. The number of fused-ring (bicyclic) bond motifs is 1. The lowest BCUT2D eigenvalue weighted by Gasteiger charge is -2.31. The molecule has 1 aromatic rings. The maximum Gasteiger partial charge on any atom is 0.253 e. The molecule has 1 fully saturated rings. The number of hydrogen-bond donors (Lipinski definition) is 1. The van der Waals surface area contributed by atoms with Crippen LogP contribution in [0.2, 0.25) is 0 Å². The van der Waals surface area contributed by atoms with Crippen LogP contribution in [-0.2, 0) is 17.8 Å². The highest BCUT2D eigenvalue weighted by atomic mass is 16.5. The van der Waals surface area contributed by atoms with Crippen molar-refractivity contribution in [1.29, 1.82) is 0 Å². The summed E-state index contributed by atoms with van der Waals surface area (Å²) in [6.07, 6.45) is 2.10. The third kappa shape index (κ3) is 2.72. The van der Waals surface area contributed by atoms with E-state index in [1.165, 1.54) is 11.1 Å². The van der Waals surface area contributed by atoms with Crippen molar-refractivity contribution in [2.75, 3.05) is 26.8 Å². The standard InChI is InChI=1S/C16H22N2O2/c1-20-11-12-4-6-18(7-5-12)16(19)13-2-3-14-9-17-10-15(14)8-13/h2-3,8,12,17H,4-7,9-11H2,1H3. The zero-order valence-corrected chi connectivity index (χ0v) is 12.0. The molecule has 4 nitrogen and oxygen atoms in total. The molecule has 0 aliphatic carbocycles. The number of rotatable bonds is 3. The third-order valence-corrected chi connectivity index (χ3v) is 4.39. The quantitative estimate of drug-likeness (QED) is 0.913. The summed E-state index contributed by atoms with van der Waals surface area (Å²) in [5, 5.41) is 3.31. The molecular weight excluding hydrogens is 252 g/mol. The van der Waals surface area contributed by atoms with Gasteiger partial charge < -0.3 is 15.0 Å². The largest absolute Gasteiger partial charge is 0.384 e. The topological polar surface area (TPSA) is 41.6 Å². The fourth-order valence-electron chi connectivity index (χ4n) is 3.15. The molecule has 0 atom stereocenters. The van der Waals surface area contributed by atoms with Crippen LogP contribution in [0.4, 0.5) is 0 Å². The van der Waals surface area contributed by atoms with Crippen LogP contribution in [0.1, 0.15) is 34.3 Å². The Morgan fingerprint density at radius 3 is 2.80 bits per heavy atom. The van der Waals surface area contributed by atoms with Crippen LogP contribution in [0.5, 0.6) is 0 Å². The number of hydrogen-bond acceptors (Lipinski definition) is 3. The van der Waals surface area contributed by atoms with Gasteiger partial charge >= 0.3 is 0 Å². The van der Waals surface area contributed by atoms with Gasteiger partial charge in [-0.15, -0.1) is 0 Å². The summed E-state index contributed by atoms with van der Waals surface area (Å²) in [5.74, 6) is 0.781. The summed E-state index contributed by atoms with van der Waals surface area (Å²) < 4.78 is 5.20. The maximum absolute atomic E-state index is 12.5. The molecule has 0 radical (unpaired) electrons. The van der Waals surface area contributed by atoms with Crippen molar-refractivity contribution < 1.29 is 9.53 Å². The Morgan fingerprint density at radius 1 is 1.30 bits per heavy atom. The lowest BCUT2D eigenvalue weighted by atomic mass is 9.97. The fourth-order valence-corrected chi connectivity index (χ4v) is 3.15.